The maximum absolute atomic E-state index is 15.5. The van der Waals surface area contributed by atoms with Crippen LogP contribution in [0.1, 0.15) is 87.5 Å². The highest BCUT2D eigenvalue weighted by molar-refractivity contribution is 6.64. The molecule has 393 valence electrons. The predicted molar refractivity (Wildman–Crippen MR) is 293 cm³/mol. The van der Waals surface area contributed by atoms with E-state index in [1.54, 1.807) is 57.8 Å². The monoisotopic (exact) mass is 1050 g/mol. The summed E-state index contributed by atoms with van der Waals surface area (Å²) >= 11 is 5.90. The summed E-state index contributed by atoms with van der Waals surface area (Å²) in [4.78, 5) is 75.0. The molecule has 0 atom stereocenters. The standard InChI is InChI=1S/C37H38BFN7O5.C16H21BClN5O2/c1-22(48)51-20-28-27(7-6-8-32(28)46-36(50)34-25(19-41-46)15-26(16-29(34)39)37(2,3)4)30-17-31(35(49)44(5)43-30)42-33-10-9-24(18-40-33)23-11-13-45(14-12-23)38-21-47;1-17(25)23-7-5-11(6-8-23)12-3-4-15(19-10-12)20-13-9-14(18)21-22(2)16(13)24/h6-10,15-19,21,23H,11-14,20H2,1-5H3,(H,40,42);3-4,9-11,25H,5-8H2,1-2H3,(H,19,20). The minimum absolute atomic E-state index is 0.117. The van der Waals surface area contributed by atoms with Gasteiger partial charge in [-0.3, -0.25) is 19.2 Å². The van der Waals surface area contributed by atoms with Crippen LogP contribution >= 0.6 is 11.6 Å². The number of anilines is 4. The van der Waals surface area contributed by atoms with Crippen molar-refractivity contribution in [2.75, 3.05) is 36.8 Å². The molecule has 7 heterocycles. The quantitative estimate of drug-likeness (QED) is 0.0626. The maximum Gasteiger partial charge on any atom is 0.376 e. The van der Waals surface area contributed by atoms with Crippen LogP contribution in [0.5, 0.6) is 0 Å². The third kappa shape index (κ3) is 12.8. The highest BCUT2D eigenvalue weighted by Gasteiger charge is 2.26. The molecule has 2 saturated heterocycles. The number of fused-ring (bicyclic) bond motifs is 1. The van der Waals surface area contributed by atoms with Gasteiger partial charge in [-0.25, -0.2) is 23.7 Å². The molecule has 2 fully saturated rings. The Kier molecular flexibility index (Phi) is 17.1. The Morgan fingerprint density at radius 3 is 1.99 bits per heavy atom. The number of carbonyl (C=O) groups is 2. The van der Waals surface area contributed by atoms with Crippen LogP contribution in [0.25, 0.3) is 27.7 Å². The molecule has 2 aliphatic rings. The molecule has 5 aromatic heterocycles. The van der Waals surface area contributed by atoms with E-state index in [4.69, 9.17) is 16.3 Å². The molecule has 23 heteroatoms. The second kappa shape index (κ2) is 23.7. The third-order valence-corrected chi connectivity index (χ3v) is 14.0. The number of nitrogens with one attached hydrogen (secondary N) is 2. The first-order valence-electron chi connectivity index (χ1n) is 25.0. The molecule has 9 rings (SSSR count). The Labute approximate surface area is 444 Å². The van der Waals surface area contributed by atoms with E-state index in [1.165, 1.54) is 47.2 Å². The van der Waals surface area contributed by atoms with E-state index in [0.29, 0.717) is 51.4 Å². The summed E-state index contributed by atoms with van der Waals surface area (Å²) in [6.45, 7) is 12.0. The van der Waals surface area contributed by atoms with Crippen molar-refractivity contribution in [3.05, 3.63) is 150 Å². The van der Waals surface area contributed by atoms with Crippen molar-refractivity contribution >= 4 is 72.0 Å². The van der Waals surface area contributed by atoms with E-state index in [0.717, 1.165) is 73.9 Å². The lowest BCUT2D eigenvalue weighted by Gasteiger charge is -2.32. The number of aromatic nitrogens is 8. The van der Waals surface area contributed by atoms with Gasteiger partial charge in [0.15, 0.2) is 5.15 Å². The molecule has 0 spiro atoms. The second-order valence-corrected chi connectivity index (χ2v) is 20.4. The van der Waals surface area contributed by atoms with Gasteiger partial charge in [0.1, 0.15) is 35.4 Å². The first-order valence-corrected chi connectivity index (χ1v) is 25.4. The van der Waals surface area contributed by atoms with Crippen molar-refractivity contribution in [3.63, 3.8) is 0 Å². The minimum atomic E-state index is -0.679. The summed E-state index contributed by atoms with van der Waals surface area (Å²) in [6.07, 6.45) is 9.68. The molecule has 3 N–H and O–H groups in total. The topological polar surface area (TPSA) is 225 Å². The Morgan fingerprint density at radius 2 is 1.43 bits per heavy atom. The Hall–Kier alpha value is -7.39. The number of hydrogen-bond donors (Lipinski definition) is 3. The fourth-order valence-corrected chi connectivity index (χ4v) is 9.68. The van der Waals surface area contributed by atoms with Gasteiger partial charge in [-0.1, -0.05) is 56.6 Å². The zero-order chi connectivity index (χ0) is 54.4. The molecule has 0 unspecified atom stereocenters. The molecule has 0 bridgehead atoms. The van der Waals surface area contributed by atoms with Gasteiger partial charge in [0, 0.05) is 56.0 Å². The smallest absolute Gasteiger partial charge is 0.376 e. The molecule has 19 nitrogen and oxygen atoms in total. The fourth-order valence-electron chi connectivity index (χ4n) is 9.46. The Morgan fingerprint density at radius 1 is 0.842 bits per heavy atom. The maximum atomic E-state index is 15.5. The summed E-state index contributed by atoms with van der Waals surface area (Å²) in [7, 11) is 4.25. The van der Waals surface area contributed by atoms with Gasteiger partial charge in [-0.2, -0.15) is 20.0 Å². The minimum Gasteiger partial charge on any atom is -0.461 e. The number of rotatable bonds is 13. The van der Waals surface area contributed by atoms with Gasteiger partial charge in [0.2, 0.25) is 0 Å². The molecule has 0 aliphatic carbocycles. The molecular weight excluding hydrogens is 993 g/mol. The summed E-state index contributed by atoms with van der Waals surface area (Å²) in [5.74, 6) is 0.590. The van der Waals surface area contributed by atoms with E-state index in [-0.39, 0.29) is 46.5 Å². The van der Waals surface area contributed by atoms with Crippen molar-refractivity contribution in [2.24, 2.45) is 14.1 Å². The van der Waals surface area contributed by atoms with Crippen molar-refractivity contribution in [2.45, 2.75) is 84.1 Å². The van der Waals surface area contributed by atoms with Crippen molar-refractivity contribution in [1.82, 2.24) is 48.9 Å². The van der Waals surface area contributed by atoms with Crippen LogP contribution in [0.4, 0.5) is 27.4 Å². The second-order valence-electron chi connectivity index (χ2n) is 20.0. The largest absolute Gasteiger partial charge is 0.461 e. The lowest BCUT2D eigenvalue weighted by molar-refractivity contribution is -0.142. The summed E-state index contributed by atoms with van der Waals surface area (Å²) in [5, 5.41) is 29.0. The van der Waals surface area contributed by atoms with Gasteiger partial charge >= 0.3 is 13.0 Å². The van der Waals surface area contributed by atoms with Crippen LogP contribution in [0.2, 0.25) is 12.0 Å². The number of nitrogens with zero attached hydrogens (tertiary/aromatic N) is 10. The summed E-state index contributed by atoms with van der Waals surface area (Å²) in [6, 6.07) is 18.9. The van der Waals surface area contributed by atoms with E-state index in [9.17, 15) is 29.0 Å². The molecule has 1 radical (unpaired) electrons. The van der Waals surface area contributed by atoms with Gasteiger partial charge in [-0.05, 0) is 129 Å². The first kappa shape index (κ1) is 54.9. The van der Waals surface area contributed by atoms with Gasteiger partial charge in [-0.15, -0.1) is 0 Å². The number of pyridine rings is 2. The molecule has 7 aromatic rings. The van der Waals surface area contributed by atoms with E-state index >= 15 is 4.39 Å². The van der Waals surface area contributed by atoms with Gasteiger partial charge in [0.25, 0.3) is 24.1 Å². The number of ether oxygens (including phenoxy) is 1. The fraction of sp³-hybridized carbons (Fsp3) is 0.358. The predicted octanol–water partition coefficient (Wildman–Crippen LogP) is 6.64. The lowest BCUT2D eigenvalue weighted by atomic mass is 9.80. The number of piperidine rings is 2. The van der Waals surface area contributed by atoms with Crippen molar-refractivity contribution in [3.8, 4) is 16.9 Å². The first-order chi connectivity index (χ1) is 36.3. The highest BCUT2D eigenvalue weighted by atomic mass is 35.5. The van der Waals surface area contributed by atoms with Crippen LogP contribution in [0.15, 0.2) is 99.7 Å². The average molecular weight is 1050 g/mol. The van der Waals surface area contributed by atoms with E-state index < -0.39 is 22.9 Å². The van der Waals surface area contributed by atoms with Crippen LogP contribution in [0, 0.1) is 5.82 Å². The molecule has 76 heavy (non-hydrogen) atoms. The molecular formula is C53H59B2ClFN12O7. The number of hydrogen-bond acceptors (Lipinski definition) is 16. The van der Waals surface area contributed by atoms with Crippen LogP contribution in [-0.4, -0.2) is 107 Å². The normalized spacial score (nSPS) is 14.7. The third-order valence-electron chi connectivity index (χ3n) is 13.8. The van der Waals surface area contributed by atoms with E-state index in [1.807, 2.05) is 56.0 Å². The van der Waals surface area contributed by atoms with Crippen LogP contribution < -0.4 is 27.3 Å². The number of benzene rings is 2. The molecule has 0 amide bonds. The van der Waals surface area contributed by atoms with Gasteiger partial charge < -0.3 is 34.8 Å². The van der Waals surface area contributed by atoms with Crippen molar-refractivity contribution < 1.29 is 23.7 Å². The lowest BCUT2D eigenvalue weighted by Crippen LogP contribution is -2.42. The molecule has 2 aliphatic heterocycles. The zero-order valence-corrected chi connectivity index (χ0v) is 44.2. The Bertz CT molecular complexity index is 3430. The van der Waals surface area contributed by atoms with Crippen molar-refractivity contribution in [1.29, 1.82) is 0 Å². The number of aryl methyl sites for hydroxylation is 2. The number of carbonyl (C=O) groups excluding carboxylic acids is 2. The molecule has 2 aromatic carbocycles. The summed E-state index contributed by atoms with van der Waals surface area (Å²) < 4.78 is 24.4. The number of halogens is 2. The zero-order valence-electron chi connectivity index (χ0n) is 43.5. The Balaban J connectivity index is 0.000000255. The van der Waals surface area contributed by atoms with Gasteiger partial charge in [0.05, 0.1) is 29.1 Å². The summed E-state index contributed by atoms with van der Waals surface area (Å²) in [5.41, 5.74) is 3.27. The molecule has 0 saturated carbocycles. The van der Waals surface area contributed by atoms with Crippen LogP contribution in [0.3, 0.4) is 0 Å². The number of esters is 1. The van der Waals surface area contributed by atoms with Crippen LogP contribution in [-0.2, 0) is 40.4 Å². The average Bonchev–Trinajstić information content (AvgIpc) is 3.44. The highest BCUT2D eigenvalue weighted by Crippen LogP contribution is 2.33. The SMILES string of the molecule is CB(O)N1CCC(c2ccc(Nc3cc(Cl)nn(C)c3=O)nc2)CC1.CC(=O)OCc1c(-c2cc(Nc3ccc(C4CCN([B]C=O)CC4)cn3)c(=O)n(C)n2)cccc1-n1ncc2cc(C(C)(C)C)cc(F)c2c1=O. The van der Waals surface area contributed by atoms with E-state index in [2.05, 4.69) is 40.7 Å².